The maximum atomic E-state index is 13.4. The molecule has 0 spiro atoms. The fraction of sp³-hybridized carbons (Fsp3) is 0.588. The standard InChI is InChI=1S/C17H26FN3O.ClH/c1-13-5-6-15(18)10-14(13)12-21-9-3-2-4-16(21)11-20-17(22)7-8-19;/h5-6,10,16H,2-4,7-9,11-12,19H2,1H3,(H,20,22);1H. The molecule has 0 radical (unpaired) electrons. The predicted octanol–water partition coefficient (Wildman–Crippen LogP) is 2.38. The molecule has 1 aliphatic heterocycles. The van der Waals surface area contributed by atoms with Gasteiger partial charge in [-0.3, -0.25) is 9.69 Å². The zero-order valence-corrected chi connectivity index (χ0v) is 14.5. The van der Waals surface area contributed by atoms with Crippen LogP contribution in [0.2, 0.25) is 0 Å². The summed E-state index contributed by atoms with van der Waals surface area (Å²) in [6.07, 6.45) is 3.77. The average Bonchev–Trinajstić information content (AvgIpc) is 2.50. The molecule has 0 aromatic heterocycles. The SMILES string of the molecule is Cc1ccc(F)cc1CN1CCCCC1CNC(=O)CCN.Cl. The number of nitrogens with one attached hydrogen (secondary N) is 1. The van der Waals surface area contributed by atoms with Gasteiger partial charge in [-0.1, -0.05) is 12.5 Å². The molecule has 1 aliphatic rings. The van der Waals surface area contributed by atoms with E-state index in [2.05, 4.69) is 10.2 Å². The van der Waals surface area contributed by atoms with E-state index in [9.17, 15) is 9.18 Å². The van der Waals surface area contributed by atoms with Crippen LogP contribution in [0.25, 0.3) is 0 Å². The molecule has 1 atom stereocenters. The Morgan fingerprint density at radius 1 is 1.43 bits per heavy atom. The zero-order chi connectivity index (χ0) is 15.9. The molecule has 1 amide bonds. The van der Waals surface area contributed by atoms with Gasteiger partial charge in [0.15, 0.2) is 0 Å². The van der Waals surface area contributed by atoms with Crippen LogP contribution in [-0.4, -0.2) is 36.5 Å². The average molecular weight is 344 g/mol. The van der Waals surface area contributed by atoms with Gasteiger partial charge in [-0.05, 0) is 49.6 Å². The lowest BCUT2D eigenvalue weighted by Gasteiger charge is -2.36. The Bertz CT molecular complexity index is 513. The molecular weight excluding hydrogens is 317 g/mol. The fourth-order valence-electron chi connectivity index (χ4n) is 2.98. The van der Waals surface area contributed by atoms with Crippen molar-refractivity contribution in [3.05, 3.63) is 35.1 Å². The molecule has 0 bridgehead atoms. The lowest BCUT2D eigenvalue weighted by molar-refractivity contribution is -0.121. The van der Waals surface area contributed by atoms with E-state index in [0.29, 0.717) is 25.6 Å². The van der Waals surface area contributed by atoms with Crippen LogP contribution in [0.5, 0.6) is 0 Å². The molecule has 1 aromatic carbocycles. The van der Waals surface area contributed by atoms with E-state index in [0.717, 1.165) is 37.1 Å². The summed E-state index contributed by atoms with van der Waals surface area (Å²) in [6, 6.07) is 5.26. The summed E-state index contributed by atoms with van der Waals surface area (Å²) in [5.74, 6) is -0.180. The molecule has 23 heavy (non-hydrogen) atoms. The van der Waals surface area contributed by atoms with E-state index in [4.69, 9.17) is 5.73 Å². The molecule has 2 rings (SSSR count). The number of rotatable bonds is 6. The van der Waals surface area contributed by atoms with Gasteiger partial charge in [-0.2, -0.15) is 0 Å². The summed E-state index contributed by atoms with van der Waals surface area (Å²) >= 11 is 0. The highest BCUT2D eigenvalue weighted by Crippen LogP contribution is 2.21. The Hall–Kier alpha value is -1.17. The van der Waals surface area contributed by atoms with Crippen LogP contribution in [0, 0.1) is 12.7 Å². The maximum Gasteiger partial charge on any atom is 0.221 e. The van der Waals surface area contributed by atoms with Crippen molar-refractivity contribution in [2.75, 3.05) is 19.6 Å². The molecule has 1 unspecified atom stereocenters. The lowest BCUT2D eigenvalue weighted by Crippen LogP contribution is -2.46. The molecule has 0 saturated carbocycles. The first kappa shape index (κ1) is 19.9. The van der Waals surface area contributed by atoms with Crippen molar-refractivity contribution in [2.45, 2.75) is 45.2 Å². The van der Waals surface area contributed by atoms with Crippen LogP contribution < -0.4 is 11.1 Å². The number of carbonyl (C=O) groups excluding carboxylic acids is 1. The number of likely N-dealkylation sites (tertiary alicyclic amines) is 1. The van der Waals surface area contributed by atoms with Gasteiger partial charge in [0.1, 0.15) is 5.82 Å². The first-order valence-electron chi connectivity index (χ1n) is 8.06. The first-order valence-corrected chi connectivity index (χ1v) is 8.06. The molecule has 6 heteroatoms. The molecule has 1 saturated heterocycles. The largest absolute Gasteiger partial charge is 0.354 e. The number of amides is 1. The highest BCUT2D eigenvalue weighted by Gasteiger charge is 2.23. The third-order valence-electron chi connectivity index (χ3n) is 4.34. The molecule has 4 nitrogen and oxygen atoms in total. The van der Waals surface area contributed by atoms with Crippen LogP contribution >= 0.6 is 12.4 Å². The van der Waals surface area contributed by atoms with Gasteiger partial charge in [0, 0.05) is 32.1 Å². The number of hydrogen-bond acceptors (Lipinski definition) is 3. The third-order valence-corrected chi connectivity index (χ3v) is 4.34. The number of carbonyl (C=O) groups is 1. The minimum atomic E-state index is -0.189. The summed E-state index contributed by atoms with van der Waals surface area (Å²) in [5, 5.41) is 2.96. The van der Waals surface area contributed by atoms with Crippen molar-refractivity contribution in [2.24, 2.45) is 5.73 Å². The Kier molecular flexibility index (Phi) is 8.52. The molecule has 0 aliphatic carbocycles. The fourth-order valence-corrected chi connectivity index (χ4v) is 2.98. The van der Waals surface area contributed by atoms with Gasteiger partial charge in [-0.15, -0.1) is 12.4 Å². The van der Waals surface area contributed by atoms with E-state index >= 15 is 0 Å². The van der Waals surface area contributed by atoms with Crippen LogP contribution in [0.4, 0.5) is 4.39 Å². The maximum absolute atomic E-state index is 13.4. The summed E-state index contributed by atoms with van der Waals surface area (Å²) < 4.78 is 13.4. The Balaban J connectivity index is 0.00000264. The third kappa shape index (κ3) is 6.09. The zero-order valence-electron chi connectivity index (χ0n) is 13.7. The highest BCUT2D eigenvalue weighted by atomic mass is 35.5. The number of nitrogens with zero attached hydrogens (tertiary/aromatic N) is 1. The molecule has 1 fully saturated rings. The smallest absolute Gasteiger partial charge is 0.221 e. The van der Waals surface area contributed by atoms with E-state index in [1.54, 1.807) is 6.07 Å². The van der Waals surface area contributed by atoms with E-state index in [1.165, 1.54) is 12.5 Å². The number of benzene rings is 1. The summed E-state index contributed by atoms with van der Waals surface area (Å²) in [6.45, 7) is 4.76. The van der Waals surface area contributed by atoms with Gasteiger partial charge < -0.3 is 11.1 Å². The Morgan fingerprint density at radius 3 is 2.96 bits per heavy atom. The van der Waals surface area contributed by atoms with E-state index in [-0.39, 0.29) is 24.1 Å². The number of piperidine rings is 1. The number of halogens is 2. The lowest BCUT2D eigenvalue weighted by atomic mass is 9.99. The van der Waals surface area contributed by atoms with E-state index in [1.807, 2.05) is 13.0 Å². The molecular formula is C17H27ClFN3O. The highest BCUT2D eigenvalue weighted by molar-refractivity contribution is 5.85. The normalized spacial score (nSPS) is 18.3. The van der Waals surface area contributed by atoms with Gasteiger partial charge >= 0.3 is 0 Å². The first-order chi connectivity index (χ1) is 10.6. The van der Waals surface area contributed by atoms with Crippen LogP contribution in [0.1, 0.15) is 36.8 Å². The quantitative estimate of drug-likeness (QED) is 0.833. The van der Waals surface area contributed by atoms with Crippen molar-refractivity contribution >= 4 is 18.3 Å². The number of nitrogens with two attached hydrogens (primary N) is 1. The molecule has 130 valence electrons. The van der Waals surface area contributed by atoms with Crippen LogP contribution in [-0.2, 0) is 11.3 Å². The molecule has 1 heterocycles. The molecule has 1 aromatic rings. The second-order valence-corrected chi connectivity index (χ2v) is 6.03. The Morgan fingerprint density at radius 2 is 2.22 bits per heavy atom. The Labute approximate surface area is 144 Å². The number of aryl methyl sites for hydroxylation is 1. The van der Waals surface area contributed by atoms with Crippen LogP contribution in [0.15, 0.2) is 18.2 Å². The van der Waals surface area contributed by atoms with Crippen molar-refractivity contribution in [1.82, 2.24) is 10.2 Å². The topological polar surface area (TPSA) is 58.4 Å². The summed E-state index contributed by atoms with van der Waals surface area (Å²) in [5.41, 5.74) is 7.53. The van der Waals surface area contributed by atoms with E-state index < -0.39 is 0 Å². The summed E-state index contributed by atoms with van der Waals surface area (Å²) in [4.78, 5) is 13.9. The second-order valence-electron chi connectivity index (χ2n) is 6.03. The van der Waals surface area contributed by atoms with Crippen molar-refractivity contribution < 1.29 is 9.18 Å². The minimum Gasteiger partial charge on any atom is -0.354 e. The van der Waals surface area contributed by atoms with Crippen molar-refractivity contribution in [1.29, 1.82) is 0 Å². The predicted molar refractivity (Wildman–Crippen MR) is 93.1 cm³/mol. The minimum absolute atomic E-state index is 0. The van der Waals surface area contributed by atoms with Crippen LogP contribution in [0.3, 0.4) is 0 Å². The monoisotopic (exact) mass is 343 g/mol. The van der Waals surface area contributed by atoms with Gasteiger partial charge in [0.2, 0.25) is 5.91 Å². The van der Waals surface area contributed by atoms with Gasteiger partial charge in [0.05, 0.1) is 0 Å². The number of hydrogen-bond donors (Lipinski definition) is 2. The van der Waals surface area contributed by atoms with Gasteiger partial charge in [0.25, 0.3) is 0 Å². The molecule has 3 N–H and O–H groups in total. The van der Waals surface area contributed by atoms with Crippen molar-refractivity contribution in [3.8, 4) is 0 Å². The van der Waals surface area contributed by atoms with Crippen molar-refractivity contribution in [3.63, 3.8) is 0 Å². The second kappa shape index (κ2) is 9.85. The van der Waals surface area contributed by atoms with Gasteiger partial charge in [-0.25, -0.2) is 4.39 Å². The summed E-state index contributed by atoms with van der Waals surface area (Å²) in [7, 11) is 0.